The van der Waals surface area contributed by atoms with Crippen molar-refractivity contribution in [3.63, 3.8) is 0 Å². The summed E-state index contributed by atoms with van der Waals surface area (Å²) in [5.41, 5.74) is -0.973. The van der Waals surface area contributed by atoms with Gasteiger partial charge in [-0.15, -0.1) is 0 Å². The number of hydrogen-bond acceptors (Lipinski definition) is 3. The summed E-state index contributed by atoms with van der Waals surface area (Å²) in [5, 5.41) is 11.6. The first-order valence-electron chi connectivity index (χ1n) is 5.93. The van der Waals surface area contributed by atoms with E-state index in [1.165, 1.54) is 0 Å². The second-order valence-electron chi connectivity index (χ2n) is 5.01. The summed E-state index contributed by atoms with van der Waals surface area (Å²) in [6.07, 6.45) is -3.48. The molecule has 0 aliphatic carbocycles. The van der Waals surface area contributed by atoms with Crippen molar-refractivity contribution in [2.45, 2.75) is 25.9 Å². The van der Waals surface area contributed by atoms with Gasteiger partial charge in [-0.1, -0.05) is 0 Å². The van der Waals surface area contributed by atoms with Crippen LogP contribution in [0.4, 0.5) is 13.2 Å². The van der Waals surface area contributed by atoms with Crippen molar-refractivity contribution < 1.29 is 27.9 Å². The van der Waals surface area contributed by atoms with Gasteiger partial charge in [-0.25, -0.2) is 0 Å². The number of amides is 1. The van der Waals surface area contributed by atoms with Crippen LogP contribution >= 0.6 is 0 Å². The van der Waals surface area contributed by atoms with Gasteiger partial charge in [-0.2, -0.15) is 13.2 Å². The maximum atomic E-state index is 12.4. The number of hydrogen-bond donors (Lipinski definition) is 2. The van der Waals surface area contributed by atoms with E-state index in [1.807, 2.05) is 0 Å². The van der Waals surface area contributed by atoms with E-state index in [-0.39, 0.29) is 6.54 Å². The molecular weight excluding hydrogens is 265 g/mol. The van der Waals surface area contributed by atoms with E-state index < -0.39 is 36.6 Å². The molecule has 0 aromatic heterocycles. The molecule has 0 radical (unpaired) electrons. The molecule has 1 amide bonds. The lowest BCUT2D eigenvalue weighted by Gasteiger charge is -2.37. The Morgan fingerprint density at radius 3 is 2.47 bits per heavy atom. The van der Waals surface area contributed by atoms with Gasteiger partial charge in [-0.05, 0) is 26.3 Å². The number of nitrogens with one attached hydrogen (secondary N) is 1. The van der Waals surface area contributed by atoms with E-state index in [2.05, 4.69) is 5.32 Å². The van der Waals surface area contributed by atoms with Crippen molar-refractivity contribution in [2.24, 2.45) is 5.41 Å². The number of aliphatic carboxylic acids is 1. The molecule has 1 rings (SSSR count). The minimum absolute atomic E-state index is 0.264. The lowest BCUT2D eigenvalue weighted by atomic mass is 9.81. The van der Waals surface area contributed by atoms with Gasteiger partial charge in [0, 0.05) is 6.54 Å². The van der Waals surface area contributed by atoms with Crippen LogP contribution in [0.3, 0.4) is 0 Å². The Bertz CT molecular complexity index is 352. The monoisotopic (exact) mass is 282 g/mol. The van der Waals surface area contributed by atoms with Crippen LogP contribution in [0.25, 0.3) is 0 Å². The fourth-order valence-electron chi connectivity index (χ4n) is 2.20. The summed E-state index contributed by atoms with van der Waals surface area (Å²) in [6.45, 7) is 0.0647. The molecule has 1 fully saturated rings. The van der Waals surface area contributed by atoms with E-state index in [0.717, 1.165) is 0 Å². The maximum absolute atomic E-state index is 12.4. The molecule has 0 saturated carbocycles. The molecule has 0 aromatic rings. The Morgan fingerprint density at radius 1 is 1.42 bits per heavy atom. The average molecular weight is 282 g/mol. The summed E-state index contributed by atoms with van der Waals surface area (Å²) in [4.78, 5) is 23.1. The smallest absolute Gasteiger partial charge is 0.406 e. The van der Waals surface area contributed by atoms with Crippen LogP contribution in [0.1, 0.15) is 19.8 Å². The Balaban J connectivity index is 2.83. The van der Waals surface area contributed by atoms with Crippen LogP contribution in [0.2, 0.25) is 0 Å². The fourth-order valence-corrected chi connectivity index (χ4v) is 2.20. The predicted molar refractivity (Wildman–Crippen MR) is 60.5 cm³/mol. The van der Waals surface area contributed by atoms with Crippen LogP contribution in [0, 0.1) is 5.41 Å². The van der Waals surface area contributed by atoms with E-state index in [9.17, 15) is 22.8 Å². The maximum Gasteiger partial charge on any atom is 0.406 e. The van der Waals surface area contributed by atoms with Gasteiger partial charge in [-0.3, -0.25) is 9.59 Å². The summed E-state index contributed by atoms with van der Waals surface area (Å²) < 4.78 is 37.2. The molecule has 0 bridgehead atoms. The zero-order chi connectivity index (χ0) is 14.7. The Morgan fingerprint density at radius 2 is 2.05 bits per heavy atom. The third kappa shape index (κ3) is 4.70. The number of carboxylic acids is 1. The van der Waals surface area contributed by atoms with Gasteiger partial charge in [0.25, 0.3) is 0 Å². The van der Waals surface area contributed by atoms with Crippen molar-refractivity contribution in [3.8, 4) is 0 Å². The average Bonchev–Trinajstić information content (AvgIpc) is 2.25. The van der Waals surface area contributed by atoms with Crippen molar-refractivity contribution in [3.05, 3.63) is 0 Å². The number of halogens is 3. The van der Waals surface area contributed by atoms with Gasteiger partial charge in [0.15, 0.2) is 0 Å². The van der Waals surface area contributed by atoms with Gasteiger partial charge in [0.2, 0.25) is 5.91 Å². The number of rotatable bonds is 4. The molecule has 1 atom stereocenters. The van der Waals surface area contributed by atoms with Crippen molar-refractivity contribution in [1.29, 1.82) is 0 Å². The molecule has 0 spiro atoms. The highest BCUT2D eigenvalue weighted by atomic mass is 19.4. The minimum atomic E-state index is -4.61. The van der Waals surface area contributed by atoms with E-state index >= 15 is 0 Å². The van der Waals surface area contributed by atoms with Gasteiger partial charge >= 0.3 is 12.1 Å². The Kier molecular flexibility index (Phi) is 4.78. The number of carbonyl (C=O) groups excluding carboxylic acids is 1. The first-order valence-corrected chi connectivity index (χ1v) is 5.93. The largest absolute Gasteiger partial charge is 0.480 e. The first kappa shape index (κ1) is 15.7. The molecule has 1 aliphatic heterocycles. The number of alkyl halides is 3. The van der Waals surface area contributed by atoms with Crippen LogP contribution in [-0.4, -0.2) is 54.2 Å². The van der Waals surface area contributed by atoms with Crippen LogP contribution in [0.15, 0.2) is 0 Å². The molecule has 2 N–H and O–H groups in total. The van der Waals surface area contributed by atoms with Crippen molar-refractivity contribution in [2.75, 3.05) is 26.2 Å². The van der Waals surface area contributed by atoms with Crippen LogP contribution in [0.5, 0.6) is 0 Å². The van der Waals surface area contributed by atoms with Crippen molar-refractivity contribution in [1.82, 2.24) is 10.2 Å². The second-order valence-corrected chi connectivity index (χ2v) is 5.01. The molecule has 1 heterocycles. The fraction of sp³-hybridized carbons (Fsp3) is 0.818. The Hall–Kier alpha value is -1.31. The zero-order valence-electron chi connectivity index (χ0n) is 10.6. The molecule has 1 aliphatic rings. The number of carboxylic acid groups (broad SMARTS) is 1. The lowest BCUT2D eigenvalue weighted by Crippen LogP contribution is -2.53. The third-order valence-corrected chi connectivity index (χ3v) is 3.10. The van der Waals surface area contributed by atoms with Gasteiger partial charge in [0.05, 0.1) is 5.41 Å². The first-order chi connectivity index (χ1) is 8.64. The summed E-state index contributed by atoms with van der Waals surface area (Å²) >= 11 is 0. The number of nitrogens with zero attached hydrogens (tertiary/aromatic N) is 1. The van der Waals surface area contributed by atoms with Gasteiger partial charge < -0.3 is 15.3 Å². The molecule has 5 nitrogen and oxygen atoms in total. The molecule has 8 heteroatoms. The van der Waals surface area contributed by atoms with Crippen LogP contribution in [-0.2, 0) is 9.59 Å². The van der Waals surface area contributed by atoms with Crippen LogP contribution < -0.4 is 5.32 Å². The topological polar surface area (TPSA) is 69.6 Å². The van der Waals surface area contributed by atoms with E-state index in [4.69, 9.17) is 5.11 Å². The standard InChI is InChI=1S/C11H17F3N2O3/c1-10(3-2-4-15-6-10)9(19)16(5-8(17)18)7-11(12,13)14/h15H,2-7H2,1H3,(H,17,18). The number of carbonyl (C=O) groups is 2. The molecule has 1 unspecified atom stereocenters. The predicted octanol–water partition coefficient (Wildman–Crippen LogP) is 0.852. The Labute approximate surface area is 108 Å². The SMILES string of the molecule is CC1(C(=O)N(CC(=O)O)CC(F)(F)F)CCCNC1. The second kappa shape index (κ2) is 5.77. The molecule has 0 aromatic carbocycles. The molecule has 110 valence electrons. The highest BCUT2D eigenvalue weighted by molar-refractivity contribution is 5.86. The molecule has 1 saturated heterocycles. The normalized spacial score (nSPS) is 24.0. The summed E-state index contributed by atoms with van der Waals surface area (Å²) in [5.74, 6) is -2.22. The van der Waals surface area contributed by atoms with Gasteiger partial charge in [0.1, 0.15) is 13.1 Å². The minimum Gasteiger partial charge on any atom is -0.480 e. The number of piperidine rings is 1. The van der Waals surface area contributed by atoms with E-state index in [1.54, 1.807) is 6.92 Å². The molecular formula is C11H17F3N2O3. The quantitative estimate of drug-likeness (QED) is 0.802. The highest BCUT2D eigenvalue weighted by Crippen LogP contribution is 2.29. The zero-order valence-corrected chi connectivity index (χ0v) is 10.6. The van der Waals surface area contributed by atoms with Crippen molar-refractivity contribution >= 4 is 11.9 Å². The molecule has 19 heavy (non-hydrogen) atoms. The highest BCUT2D eigenvalue weighted by Gasteiger charge is 2.42. The lowest BCUT2D eigenvalue weighted by molar-refractivity contribution is -0.171. The van der Waals surface area contributed by atoms with E-state index in [0.29, 0.717) is 24.3 Å². The summed E-state index contributed by atoms with van der Waals surface area (Å²) in [6, 6.07) is 0. The summed E-state index contributed by atoms with van der Waals surface area (Å²) in [7, 11) is 0. The third-order valence-electron chi connectivity index (χ3n) is 3.10.